The summed E-state index contributed by atoms with van der Waals surface area (Å²) in [6, 6.07) is 12.4. The van der Waals surface area contributed by atoms with Gasteiger partial charge in [-0.15, -0.1) is 0 Å². The average molecular weight is 252 g/mol. The summed E-state index contributed by atoms with van der Waals surface area (Å²) in [5, 5.41) is 8.90. The maximum atomic E-state index is 11.4. The number of hydrogen-bond donors (Lipinski definition) is 1. The topological polar surface area (TPSA) is 83.0 Å². The number of aromatic nitrogens is 1. The molecule has 2 N–H and O–H groups in total. The van der Waals surface area contributed by atoms with E-state index in [-0.39, 0.29) is 0 Å². The maximum absolute atomic E-state index is 11.4. The first-order valence-electron chi connectivity index (χ1n) is 5.62. The molecule has 1 aromatic carbocycles. The van der Waals surface area contributed by atoms with Gasteiger partial charge in [0.1, 0.15) is 5.82 Å². The van der Waals surface area contributed by atoms with E-state index in [1.807, 2.05) is 6.07 Å². The Morgan fingerprint density at radius 2 is 2.16 bits per heavy atom. The van der Waals surface area contributed by atoms with E-state index in [1.54, 1.807) is 48.5 Å². The molecule has 1 heterocycles. The summed E-state index contributed by atoms with van der Waals surface area (Å²) in [6.45, 7) is 0. The zero-order chi connectivity index (χ0) is 13.8. The molecule has 0 aliphatic heterocycles. The predicted octanol–water partition coefficient (Wildman–Crippen LogP) is 1.82. The monoisotopic (exact) mass is 252 g/mol. The summed E-state index contributed by atoms with van der Waals surface area (Å²) in [5.74, 6) is -0.0727. The second-order valence-corrected chi connectivity index (χ2v) is 3.96. The minimum Gasteiger partial charge on any atom is -0.365 e. The zero-order valence-corrected chi connectivity index (χ0v) is 10.4. The van der Waals surface area contributed by atoms with Crippen LogP contribution in [0.4, 0.5) is 11.5 Å². The summed E-state index contributed by atoms with van der Waals surface area (Å²) < 4.78 is 0. The number of anilines is 2. The van der Waals surface area contributed by atoms with Gasteiger partial charge in [0.2, 0.25) is 0 Å². The minimum absolute atomic E-state index is 0.340. The highest BCUT2D eigenvalue weighted by Crippen LogP contribution is 2.25. The second kappa shape index (κ2) is 5.19. The zero-order valence-electron chi connectivity index (χ0n) is 10.4. The third-order valence-electron chi connectivity index (χ3n) is 2.73. The lowest BCUT2D eigenvalue weighted by molar-refractivity contribution is 0.100. The van der Waals surface area contributed by atoms with E-state index in [4.69, 9.17) is 11.0 Å². The van der Waals surface area contributed by atoms with Crippen LogP contribution in [0.3, 0.4) is 0 Å². The molecule has 0 aliphatic rings. The van der Waals surface area contributed by atoms with Crippen LogP contribution in [-0.2, 0) is 0 Å². The molecule has 5 nitrogen and oxygen atoms in total. The lowest BCUT2D eigenvalue weighted by Crippen LogP contribution is -2.19. The number of hydrogen-bond acceptors (Lipinski definition) is 4. The van der Waals surface area contributed by atoms with Crippen LogP contribution in [0.5, 0.6) is 0 Å². The van der Waals surface area contributed by atoms with E-state index in [1.165, 1.54) is 0 Å². The van der Waals surface area contributed by atoms with E-state index < -0.39 is 5.91 Å². The average Bonchev–Trinajstić information content (AvgIpc) is 2.46. The third kappa shape index (κ3) is 2.53. The van der Waals surface area contributed by atoms with Gasteiger partial charge in [-0.2, -0.15) is 5.26 Å². The second-order valence-electron chi connectivity index (χ2n) is 3.96. The third-order valence-corrected chi connectivity index (χ3v) is 2.73. The molecule has 19 heavy (non-hydrogen) atoms. The van der Waals surface area contributed by atoms with Crippen molar-refractivity contribution >= 4 is 17.4 Å². The van der Waals surface area contributed by atoms with Crippen LogP contribution in [0, 0.1) is 11.3 Å². The van der Waals surface area contributed by atoms with Crippen LogP contribution in [0.1, 0.15) is 15.9 Å². The molecule has 94 valence electrons. The Kier molecular flexibility index (Phi) is 3.44. The Morgan fingerprint density at radius 3 is 2.84 bits per heavy atom. The van der Waals surface area contributed by atoms with Crippen LogP contribution in [0.15, 0.2) is 42.6 Å². The van der Waals surface area contributed by atoms with Crippen LogP contribution in [0.2, 0.25) is 0 Å². The first-order valence-corrected chi connectivity index (χ1v) is 5.62. The predicted molar refractivity (Wildman–Crippen MR) is 72.0 cm³/mol. The molecule has 0 radical (unpaired) electrons. The number of nitriles is 1. The number of amides is 1. The molecule has 5 heteroatoms. The molecule has 0 spiro atoms. The molecule has 2 aromatic rings. The first kappa shape index (κ1) is 12.6. The number of rotatable bonds is 3. The molecule has 0 saturated carbocycles. The molecule has 1 amide bonds. The molecule has 1 aromatic heterocycles. The summed E-state index contributed by atoms with van der Waals surface area (Å²) in [4.78, 5) is 17.3. The Labute approximate surface area is 110 Å². The fraction of sp³-hybridized carbons (Fsp3) is 0.0714. The normalized spacial score (nSPS) is 9.68. The molecular formula is C14H12N4O. The quantitative estimate of drug-likeness (QED) is 0.903. The van der Waals surface area contributed by atoms with Gasteiger partial charge in [0.05, 0.1) is 17.2 Å². The Morgan fingerprint density at radius 1 is 1.37 bits per heavy atom. The van der Waals surface area contributed by atoms with Gasteiger partial charge in [-0.3, -0.25) is 4.79 Å². The summed E-state index contributed by atoms with van der Waals surface area (Å²) in [7, 11) is 1.77. The van der Waals surface area contributed by atoms with Gasteiger partial charge in [0.15, 0.2) is 0 Å². The number of nitrogens with two attached hydrogens (primary N) is 1. The highest BCUT2D eigenvalue weighted by Gasteiger charge is 2.14. The minimum atomic E-state index is -0.536. The molecule has 0 unspecified atom stereocenters. The summed E-state index contributed by atoms with van der Waals surface area (Å²) in [5.41, 5.74) is 6.98. The molecule has 0 bridgehead atoms. The van der Waals surface area contributed by atoms with E-state index in [2.05, 4.69) is 11.1 Å². The lowest BCUT2D eigenvalue weighted by Gasteiger charge is -2.20. The molecule has 0 aliphatic carbocycles. The first-order chi connectivity index (χ1) is 9.13. The van der Waals surface area contributed by atoms with Gasteiger partial charge in [0, 0.05) is 18.9 Å². The Bertz CT molecular complexity index is 660. The summed E-state index contributed by atoms with van der Waals surface area (Å²) in [6.07, 6.45) is 1.59. The van der Waals surface area contributed by atoms with Crippen molar-refractivity contribution in [1.29, 1.82) is 5.26 Å². The van der Waals surface area contributed by atoms with Gasteiger partial charge in [-0.05, 0) is 30.3 Å². The smallest absolute Gasteiger partial charge is 0.252 e. The van der Waals surface area contributed by atoms with Crippen LogP contribution >= 0.6 is 0 Å². The van der Waals surface area contributed by atoms with Crippen molar-refractivity contribution in [2.45, 2.75) is 0 Å². The maximum Gasteiger partial charge on any atom is 0.252 e. The van der Waals surface area contributed by atoms with E-state index in [9.17, 15) is 4.79 Å². The fourth-order valence-corrected chi connectivity index (χ4v) is 1.76. The van der Waals surface area contributed by atoms with Crippen molar-refractivity contribution < 1.29 is 4.79 Å². The van der Waals surface area contributed by atoms with E-state index in [0.29, 0.717) is 16.9 Å². The summed E-state index contributed by atoms with van der Waals surface area (Å²) >= 11 is 0. The number of primary amides is 1. The van der Waals surface area contributed by atoms with E-state index in [0.717, 1.165) is 5.69 Å². The SMILES string of the molecule is CN(c1cccc(C#N)c1)c1ncccc1C(N)=O. The fourth-order valence-electron chi connectivity index (χ4n) is 1.76. The molecule has 0 saturated heterocycles. The van der Waals surface area contributed by atoms with Gasteiger partial charge >= 0.3 is 0 Å². The molecule has 0 fully saturated rings. The van der Waals surface area contributed by atoms with Gasteiger partial charge in [-0.1, -0.05) is 6.07 Å². The van der Waals surface area contributed by atoms with Gasteiger partial charge < -0.3 is 10.6 Å². The molecule has 0 atom stereocenters. The van der Waals surface area contributed by atoms with Crippen molar-refractivity contribution in [3.05, 3.63) is 53.7 Å². The largest absolute Gasteiger partial charge is 0.365 e. The van der Waals surface area contributed by atoms with Crippen LogP contribution in [0.25, 0.3) is 0 Å². The van der Waals surface area contributed by atoms with Crippen molar-refractivity contribution in [3.8, 4) is 6.07 Å². The Balaban J connectivity index is 2.47. The highest BCUT2D eigenvalue weighted by atomic mass is 16.1. The number of carbonyl (C=O) groups excluding carboxylic acids is 1. The van der Waals surface area contributed by atoms with Crippen molar-refractivity contribution in [2.24, 2.45) is 5.73 Å². The van der Waals surface area contributed by atoms with Gasteiger partial charge in [-0.25, -0.2) is 4.98 Å². The van der Waals surface area contributed by atoms with E-state index >= 15 is 0 Å². The van der Waals surface area contributed by atoms with Gasteiger partial charge in [0.25, 0.3) is 5.91 Å². The number of carbonyl (C=O) groups is 1. The number of nitrogens with zero attached hydrogens (tertiary/aromatic N) is 3. The molecular weight excluding hydrogens is 240 g/mol. The van der Waals surface area contributed by atoms with Crippen LogP contribution in [-0.4, -0.2) is 17.9 Å². The Hall–Kier alpha value is -2.87. The highest BCUT2D eigenvalue weighted by molar-refractivity contribution is 5.98. The van der Waals surface area contributed by atoms with Crippen molar-refractivity contribution in [3.63, 3.8) is 0 Å². The number of benzene rings is 1. The van der Waals surface area contributed by atoms with Crippen molar-refractivity contribution in [2.75, 3.05) is 11.9 Å². The lowest BCUT2D eigenvalue weighted by atomic mass is 10.2. The number of pyridine rings is 1. The van der Waals surface area contributed by atoms with Crippen molar-refractivity contribution in [1.82, 2.24) is 4.98 Å². The molecule has 2 rings (SSSR count). The van der Waals surface area contributed by atoms with Crippen LogP contribution < -0.4 is 10.6 Å². The standard InChI is InChI=1S/C14H12N4O/c1-18(11-5-2-4-10(8-11)9-15)14-12(13(16)19)6-3-7-17-14/h2-8H,1H3,(H2,16,19).